The molecule has 0 aliphatic heterocycles. The van der Waals surface area contributed by atoms with Gasteiger partial charge in [-0.3, -0.25) is 0 Å². The van der Waals surface area contributed by atoms with Crippen molar-refractivity contribution in [2.24, 2.45) is 0 Å². The van der Waals surface area contributed by atoms with E-state index in [1.807, 2.05) is 11.8 Å². The number of hydrogen-bond donors (Lipinski definition) is 0. The molecule has 2 heteroatoms. The van der Waals surface area contributed by atoms with Crippen LogP contribution in [-0.4, -0.2) is 24.0 Å². The molecule has 0 spiro atoms. The average molecular weight is 340 g/mol. The third kappa shape index (κ3) is 4.23. The first-order chi connectivity index (χ1) is 11.8. The Morgan fingerprint density at radius 3 is 2.42 bits per heavy atom. The van der Waals surface area contributed by atoms with Gasteiger partial charge in [-0.25, -0.2) is 0 Å². The van der Waals surface area contributed by atoms with Gasteiger partial charge in [0.15, 0.2) is 0 Å². The minimum Gasteiger partial charge on any atom is -0.300 e. The van der Waals surface area contributed by atoms with E-state index in [2.05, 4.69) is 67.3 Å². The largest absolute Gasteiger partial charge is 0.300 e. The predicted molar refractivity (Wildman–Crippen MR) is 105 cm³/mol. The summed E-state index contributed by atoms with van der Waals surface area (Å²) in [6.45, 7) is 7.08. The summed E-state index contributed by atoms with van der Waals surface area (Å²) in [7, 11) is 0. The molecule has 1 aliphatic rings. The number of aryl methyl sites for hydroxylation is 1. The Hall–Kier alpha value is -1.25. The zero-order valence-corrected chi connectivity index (χ0v) is 15.8. The zero-order chi connectivity index (χ0) is 16.8. The van der Waals surface area contributed by atoms with Crippen LogP contribution >= 0.6 is 11.8 Å². The second kappa shape index (κ2) is 8.73. The predicted octanol–water partition coefficient (Wildman–Crippen LogP) is 5.82. The molecule has 0 radical (unpaired) electrons. The van der Waals surface area contributed by atoms with Gasteiger partial charge in [-0.2, -0.15) is 0 Å². The van der Waals surface area contributed by atoms with Gasteiger partial charge in [-0.05, 0) is 74.5 Å². The van der Waals surface area contributed by atoms with Crippen molar-refractivity contribution in [1.29, 1.82) is 0 Å². The summed E-state index contributed by atoms with van der Waals surface area (Å²) in [5, 5.41) is 0. The van der Waals surface area contributed by atoms with E-state index in [1.165, 1.54) is 55.0 Å². The fraction of sp³-hybridized carbons (Fsp3) is 0.455. The lowest BCUT2D eigenvalue weighted by molar-refractivity contribution is 0.179. The Morgan fingerprint density at radius 2 is 1.71 bits per heavy atom. The quantitative estimate of drug-likeness (QED) is 0.625. The van der Waals surface area contributed by atoms with Gasteiger partial charge in [0.2, 0.25) is 0 Å². The lowest BCUT2D eigenvalue weighted by atomic mass is 9.87. The first kappa shape index (κ1) is 17.6. The van der Waals surface area contributed by atoms with E-state index in [4.69, 9.17) is 0 Å². The zero-order valence-electron chi connectivity index (χ0n) is 15.0. The van der Waals surface area contributed by atoms with Gasteiger partial charge in [0, 0.05) is 15.8 Å². The van der Waals surface area contributed by atoms with Gasteiger partial charge in [0.05, 0.1) is 0 Å². The fourth-order valence-electron chi connectivity index (χ4n) is 3.81. The van der Waals surface area contributed by atoms with Gasteiger partial charge in [0.25, 0.3) is 0 Å². The fourth-order valence-corrected chi connectivity index (χ4v) is 4.84. The van der Waals surface area contributed by atoms with Gasteiger partial charge in [-0.15, -0.1) is 0 Å². The molecule has 0 heterocycles. The lowest BCUT2D eigenvalue weighted by Gasteiger charge is -2.35. The molecule has 1 atom stereocenters. The molecule has 0 bridgehead atoms. The summed E-state index contributed by atoms with van der Waals surface area (Å²) >= 11 is 1.92. The van der Waals surface area contributed by atoms with Crippen LogP contribution in [0.5, 0.6) is 0 Å². The number of nitrogens with zero attached hydrogens (tertiary/aromatic N) is 1. The lowest BCUT2D eigenvalue weighted by Crippen LogP contribution is -2.40. The first-order valence-electron chi connectivity index (χ1n) is 9.39. The van der Waals surface area contributed by atoms with Crippen LogP contribution < -0.4 is 0 Å². The maximum Gasteiger partial charge on any atom is 0.0157 e. The Labute approximate surface area is 151 Å². The van der Waals surface area contributed by atoms with Crippen molar-refractivity contribution in [3.8, 4) is 0 Å². The summed E-state index contributed by atoms with van der Waals surface area (Å²) in [4.78, 5) is 5.52. The summed E-state index contributed by atoms with van der Waals surface area (Å²) in [5.41, 5.74) is 3.17. The van der Waals surface area contributed by atoms with Crippen molar-refractivity contribution in [1.82, 2.24) is 4.90 Å². The molecule has 0 saturated heterocycles. The van der Waals surface area contributed by atoms with Crippen LogP contribution in [0.1, 0.15) is 44.2 Å². The summed E-state index contributed by atoms with van der Waals surface area (Å²) < 4.78 is 0. The van der Waals surface area contributed by atoms with E-state index in [-0.39, 0.29) is 0 Å². The minimum absolute atomic E-state index is 0.718. The van der Waals surface area contributed by atoms with Crippen molar-refractivity contribution < 1.29 is 0 Å². The van der Waals surface area contributed by atoms with Crippen LogP contribution in [0.2, 0.25) is 0 Å². The number of fused-ring (bicyclic) bond motifs is 1. The van der Waals surface area contributed by atoms with Crippen LogP contribution in [0.3, 0.4) is 0 Å². The van der Waals surface area contributed by atoms with Crippen molar-refractivity contribution in [3.63, 3.8) is 0 Å². The standard InChI is InChI=1S/C22H29NS/c1-3-15-23(16-4-2)19-14-13-18-9-8-12-22(21(18)17-19)24-20-10-6-5-7-11-20/h5-12,19H,3-4,13-17H2,1-2H3. The van der Waals surface area contributed by atoms with E-state index < -0.39 is 0 Å². The van der Waals surface area contributed by atoms with Crippen LogP contribution in [0.4, 0.5) is 0 Å². The van der Waals surface area contributed by atoms with Crippen LogP contribution in [0.25, 0.3) is 0 Å². The highest BCUT2D eigenvalue weighted by atomic mass is 32.2. The van der Waals surface area contributed by atoms with Crippen molar-refractivity contribution in [3.05, 3.63) is 59.7 Å². The molecule has 2 aromatic carbocycles. The highest BCUT2D eigenvalue weighted by Gasteiger charge is 2.25. The summed E-state index contributed by atoms with van der Waals surface area (Å²) in [5.74, 6) is 0. The van der Waals surface area contributed by atoms with Crippen LogP contribution in [0, 0.1) is 0 Å². The molecule has 1 nitrogen and oxygen atoms in total. The molecule has 2 aromatic rings. The minimum atomic E-state index is 0.718. The normalized spacial score (nSPS) is 17.0. The Balaban J connectivity index is 1.81. The third-order valence-electron chi connectivity index (χ3n) is 4.93. The van der Waals surface area contributed by atoms with Crippen molar-refractivity contribution in [2.45, 2.75) is 61.8 Å². The average Bonchev–Trinajstić information content (AvgIpc) is 2.62. The second-order valence-corrected chi connectivity index (χ2v) is 7.86. The monoisotopic (exact) mass is 339 g/mol. The van der Waals surface area contributed by atoms with Crippen molar-refractivity contribution >= 4 is 11.8 Å². The topological polar surface area (TPSA) is 3.24 Å². The molecule has 0 fully saturated rings. The van der Waals surface area contributed by atoms with Gasteiger partial charge >= 0.3 is 0 Å². The SMILES string of the molecule is CCCN(CCC)C1CCc2cccc(Sc3ccccc3)c2C1. The molecular formula is C22H29NS. The molecule has 3 rings (SSSR count). The van der Waals surface area contributed by atoms with Crippen molar-refractivity contribution in [2.75, 3.05) is 13.1 Å². The van der Waals surface area contributed by atoms with E-state index in [0.717, 1.165) is 6.04 Å². The summed E-state index contributed by atoms with van der Waals surface area (Å²) in [6.07, 6.45) is 6.26. The van der Waals surface area contributed by atoms with E-state index >= 15 is 0 Å². The third-order valence-corrected chi connectivity index (χ3v) is 6.04. The molecular weight excluding hydrogens is 310 g/mol. The number of rotatable bonds is 7. The van der Waals surface area contributed by atoms with E-state index in [9.17, 15) is 0 Å². The smallest absolute Gasteiger partial charge is 0.0157 e. The van der Waals surface area contributed by atoms with Gasteiger partial charge in [-0.1, -0.05) is 55.9 Å². The maximum atomic E-state index is 2.73. The molecule has 128 valence electrons. The summed E-state index contributed by atoms with van der Waals surface area (Å²) in [6, 6.07) is 18.4. The molecule has 0 amide bonds. The highest BCUT2D eigenvalue weighted by molar-refractivity contribution is 7.99. The number of benzene rings is 2. The highest BCUT2D eigenvalue weighted by Crippen LogP contribution is 2.36. The molecule has 1 unspecified atom stereocenters. The van der Waals surface area contributed by atoms with E-state index in [1.54, 1.807) is 11.1 Å². The number of hydrogen-bond acceptors (Lipinski definition) is 2. The first-order valence-corrected chi connectivity index (χ1v) is 10.2. The van der Waals surface area contributed by atoms with Gasteiger partial charge < -0.3 is 4.90 Å². The van der Waals surface area contributed by atoms with Crippen LogP contribution in [0.15, 0.2) is 58.3 Å². The van der Waals surface area contributed by atoms with E-state index in [0.29, 0.717) is 0 Å². The Bertz CT molecular complexity index is 632. The molecule has 0 aromatic heterocycles. The molecule has 24 heavy (non-hydrogen) atoms. The Kier molecular flexibility index (Phi) is 6.39. The molecule has 0 N–H and O–H groups in total. The van der Waals surface area contributed by atoms with Crippen LogP contribution in [-0.2, 0) is 12.8 Å². The maximum absolute atomic E-state index is 2.73. The molecule has 1 aliphatic carbocycles. The Morgan fingerprint density at radius 1 is 0.958 bits per heavy atom. The second-order valence-electron chi connectivity index (χ2n) is 6.74. The van der Waals surface area contributed by atoms with Gasteiger partial charge in [0.1, 0.15) is 0 Å². The molecule has 0 saturated carbocycles.